The third-order valence-electron chi connectivity index (χ3n) is 4.84. The molecule has 0 bridgehead atoms. The number of primary sulfonamides is 1. The van der Waals surface area contributed by atoms with Crippen molar-refractivity contribution in [2.75, 3.05) is 0 Å². The van der Waals surface area contributed by atoms with Crippen LogP contribution in [-0.2, 0) is 34.7 Å². The van der Waals surface area contributed by atoms with Gasteiger partial charge in [-0.3, -0.25) is 0 Å². The van der Waals surface area contributed by atoms with Gasteiger partial charge >= 0.3 is 206 Å². The molecule has 0 unspecified atom stereocenters. The molecule has 0 radical (unpaired) electrons. The summed E-state index contributed by atoms with van der Waals surface area (Å²) in [5, 5.41) is 8.87. The van der Waals surface area contributed by atoms with Crippen molar-refractivity contribution in [1.29, 1.82) is 0 Å². The van der Waals surface area contributed by atoms with Gasteiger partial charge in [-0.15, -0.1) is 0 Å². The van der Waals surface area contributed by atoms with E-state index in [0.29, 0.717) is 16.1 Å². The van der Waals surface area contributed by atoms with Crippen LogP contribution in [-0.4, -0.2) is 28.9 Å². The van der Waals surface area contributed by atoms with E-state index in [-0.39, 0.29) is 16.9 Å². The standard InChI is InChI=1S/C20H13ClF3N5O3S.Ru/c21-14-4-2-1-3-12(14)13-9-27-18-15(17(25)30)19(33(26,31)32)28-29(18)16(13)10-5-7-11(8-6-10)20(22,23)24;/h1-9H,(H4,25,26,30,31,32);/q;+1/p-1. The van der Waals surface area contributed by atoms with Gasteiger partial charge in [0.2, 0.25) is 0 Å². The van der Waals surface area contributed by atoms with Crippen molar-refractivity contribution < 1.29 is 44.9 Å². The number of aromatic nitrogens is 3. The second-order valence-electron chi connectivity index (χ2n) is 6.95. The summed E-state index contributed by atoms with van der Waals surface area (Å²) in [5.74, 6) is -0.841. The molecular weight excluding hydrogens is 584 g/mol. The van der Waals surface area contributed by atoms with Crippen molar-refractivity contribution >= 4 is 33.2 Å². The van der Waals surface area contributed by atoms with Gasteiger partial charge in [0.05, 0.1) is 0 Å². The monoisotopic (exact) mass is 596 g/mol. The SMILES string of the molecule is NS(=O)(=O)c1nn2c(-c3ccc(C(F)(F)F)cc3)c(-c3ccccc3Cl)cnc2c1C(=O)[NH][Ru]. The number of nitrogens with two attached hydrogens (primary N) is 1. The Labute approximate surface area is 205 Å². The Morgan fingerprint density at radius 1 is 1.09 bits per heavy atom. The Kier molecular flexibility index (Phi) is 6.24. The number of carbonyl (C=O) groups is 1. The molecule has 0 fully saturated rings. The van der Waals surface area contributed by atoms with Crippen LogP contribution in [0.1, 0.15) is 15.9 Å². The summed E-state index contributed by atoms with van der Waals surface area (Å²) in [6.07, 6.45) is -3.23. The first-order valence-electron chi connectivity index (χ1n) is 9.20. The fraction of sp³-hybridized carbons (Fsp3) is 0.0500. The van der Waals surface area contributed by atoms with Gasteiger partial charge in [0, 0.05) is 0 Å². The van der Waals surface area contributed by atoms with E-state index in [1.165, 1.54) is 18.3 Å². The molecule has 0 saturated carbocycles. The third-order valence-corrected chi connectivity index (χ3v) is 6.39. The number of nitrogens with zero attached hydrogens (tertiary/aromatic N) is 3. The number of sulfonamides is 1. The molecule has 4 aromatic rings. The van der Waals surface area contributed by atoms with Crippen LogP contribution in [0, 0.1) is 0 Å². The van der Waals surface area contributed by atoms with Crippen LogP contribution in [0.2, 0.25) is 5.02 Å². The average Bonchev–Trinajstić information content (AvgIpc) is 3.18. The zero-order chi connectivity index (χ0) is 24.8. The van der Waals surface area contributed by atoms with E-state index in [4.69, 9.17) is 16.7 Å². The Balaban J connectivity index is 2.14. The topological polar surface area (TPSA) is 119 Å². The van der Waals surface area contributed by atoms with Crippen molar-refractivity contribution in [2.45, 2.75) is 11.2 Å². The Morgan fingerprint density at radius 3 is 2.29 bits per heavy atom. The second kappa shape index (κ2) is 8.73. The first-order chi connectivity index (χ1) is 15.9. The molecule has 0 spiro atoms. The molecule has 34 heavy (non-hydrogen) atoms. The zero-order valence-corrected chi connectivity index (χ0v) is 19.9. The number of nitrogens with one attached hydrogen (secondary N) is 1. The Hall–Kier alpha value is -2.86. The van der Waals surface area contributed by atoms with E-state index in [2.05, 4.69) is 14.1 Å². The molecule has 2 aromatic carbocycles. The van der Waals surface area contributed by atoms with E-state index in [9.17, 15) is 26.4 Å². The molecule has 1 amide bonds. The minimum atomic E-state index is -4.56. The molecule has 4 rings (SSSR count). The van der Waals surface area contributed by atoms with Crippen molar-refractivity contribution in [3.8, 4) is 22.4 Å². The van der Waals surface area contributed by atoms with Crippen LogP contribution in [0.4, 0.5) is 13.2 Å². The van der Waals surface area contributed by atoms with Crippen molar-refractivity contribution in [3.05, 3.63) is 70.9 Å². The first-order valence-corrected chi connectivity index (χ1v) is 12.0. The molecule has 0 aliphatic heterocycles. The van der Waals surface area contributed by atoms with E-state index < -0.39 is 38.3 Å². The van der Waals surface area contributed by atoms with Crippen LogP contribution in [0.5, 0.6) is 0 Å². The molecule has 2 aromatic heterocycles. The van der Waals surface area contributed by atoms with E-state index in [1.54, 1.807) is 24.3 Å². The van der Waals surface area contributed by atoms with Crippen LogP contribution >= 0.6 is 11.6 Å². The van der Waals surface area contributed by atoms with Crippen molar-refractivity contribution in [1.82, 2.24) is 18.7 Å². The molecule has 0 atom stereocenters. The quantitative estimate of drug-likeness (QED) is 0.350. The predicted molar refractivity (Wildman–Crippen MR) is 113 cm³/mol. The minimum absolute atomic E-state index is 0.153. The van der Waals surface area contributed by atoms with Crippen molar-refractivity contribution in [3.63, 3.8) is 0 Å². The molecule has 3 N–H and O–H groups in total. The Morgan fingerprint density at radius 2 is 1.74 bits per heavy atom. The van der Waals surface area contributed by atoms with Gasteiger partial charge in [0.15, 0.2) is 0 Å². The summed E-state index contributed by atoms with van der Waals surface area (Å²) in [6.45, 7) is 0. The number of amides is 1. The summed E-state index contributed by atoms with van der Waals surface area (Å²) in [6, 6.07) is 10.8. The molecule has 177 valence electrons. The zero-order valence-electron chi connectivity index (χ0n) is 16.6. The first kappa shape index (κ1) is 24.3. The number of benzene rings is 2. The van der Waals surface area contributed by atoms with Crippen LogP contribution < -0.4 is 9.20 Å². The maximum absolute atomic E-state index is 13.1. The van der Waals surface area contributed by atoms with Crippen LogP contribution in [0.15, 0.2) is 59.8 Å². The maximum atomic E-state index is 13.1. The van der Waals surface area contributed by atoms with E-state index in [1.807, 2.05) is 18.5 Å². The molecule has 14 heteroatoms. The van der Waals surface area contributed by atoms with E-state index >= 15 is 0 Å². The van der Waals surface area contributed by atoms with Gasteiger partial charge in [-0.1, -0.05) is 0 Å². The van der Waals surface area contributed by atoms with Gasteiger partial charge in [0.25, 0.3) is 0 Å². The average molecular weight is 596 g/mol. The van der Waals surface area contributed by atoms with Crippen LogP contribution in [0.25, 0.3) is 28.0 Å². The van der Waals surface area contributed by atoms with Crippen LogP contribution in [0.3, 0.4) is 0 Å². The molecule has 8 nitrogen and oxygen atoms in total. The number of hydrogen-bond acceptors (Lipinski definition) is 5. The van der Waals surface area contributed by atoms with Gasteiger partial charge in [-0.25, -0.2) is 0 Å². The number of alkyl halides is 3. The van der Waals surface area contributed by atoms with Crippen molar-refractivity contribution in [2.24, 2.45) is 5.14 Å². The molecule has 0 aliphatic rings. The van der Waals surface area contributed by atoms with E-state index in [0.717, 1.165) is 16.6 Å². The van der Waals surface area contributed by atoms with Gasteiger partial charge in [-0.05, 0) is 0 Å². The third kappa shape index (κ3) is 4.31. The fourth-order valence-electron chi connectivity index (χ4n) is 3.38. The normalized spacial score (nSPS) is 12.2. The number of hydrogen-bond donors (Lipinski definition) is 2. The molecule has 0 aliphatic carbocycles. The predicted octanol–water partition coefficient (Wildman–Crippen LogP) is 3.57. The molecule has 0 saturated heterocycles. The summed E-state index contributed by atoms with van der Waals surface area (Å²) in [4.78, 5) is 16.7. The summed E-state index contributed by atoms with van der Waals surface area (Å²) >= 11 is 8.18. The summed E-state index contributed by atoms with van der Waals surface area (Å²) in [5.41, 5.74) is -0.288. The Bertz CT molecular complexity index is 1540. The summed E-state index contributed by atoms with van der Waals surface area (Å²) < 4.78 is 67.0. The molecule has 2 heterocycles. The number of carbonyl (C=O) groups excluding carboxylic acids is 1. The second-order valence-corrected chi connectivity index (χ2v) is 9.27. The van der Waals surface area contributed by atoms with Gasteiger partial charge in [0.1, 0.15) is 0 Å². The number of rotatable bonds is 4. The molecular formula is C20H12ClF3N5O3RuS. The van der Waals surface area contributed by atoms with Gasteiger partial charge in [-0.2, -0.15) is 0 Å². The van der Waals surface area contributed by atoms with Gasteiger partial charge < -0.3 is 0 Å². The fourth-order valence-corrected chi connectivity index (χ4v) is 4.50. The number of fused-ring (bicyclic) bond motifs is 1. The number of halogens is 4. The summed E-state index contributed by atoms with van der Waals surface area (Å²) in [7, 11) is -4.48.